The number of hydrogen-bond donors (Lipinski definition) is 0. The van der Waals surface area contributed by atoms with Crippen LogP contribution in [0.5, 0.6) is 5.75 Å². The van der Waals surface area contributed by atoms with E-state index in [1.165, 1.54) is 0 Å². The van der Waals surface area contributed by atoms with Crippen LogP contribution < -0.4 is 9.64 Å². The van der Waals surface area contributed by atoms with Crippen LogP contribution in [0.3, 0.4) is 0 Å². The Balaban J connectivity index is 1.57. The number of rotatable bonds is 3. The summed E-state index contributed by atoms with van der Waals surface area (Å²) >= 11 is 6.04. The third-order valence-corrected chi connectivity index (χ3v) is 4.88. The Kier molecular flexibility index (Phi) is 4.35. The average Bonchev–Trinajstić information content (AvgIpc) is 3.05. The first kappa shape index (κ1) is 16.6. The van der Waals surface area contributed by atoms with Gasteiger partial charge in [-0.25, -0.2) is 0 Å². The molecule has 4 nitrogen and oxygen atoms in total. The molecule has 1 aliphatic rings. The molecule has 0 aliphatic carbocycles. The second-order valence-corrected chi connectivity index (χ2v) is 6.66. The fraction of sp³-hybridized carbons (Fsp3) is 0.143. The average molecular weight is 366 g/mol. The highest BCUT2D eigenvalue weighted by Gasteiger charge is 2.37. The standard InChI is InChI=1S/C21H16ClNO3/c22-17-9-3-4-11-19(17)26-21(25)15-12-20(24)23(13-15)18-10-5-7-14-6-1-2-8-16(14)18/h1-11,15H,12-13H2/t15-/m0/s1. The lowest BCUT2D eigenvalue weighted by molar-refractivity contribution is -0.139. The molecule has 1 atom stereocenters. The lowest BCUT2D eigenvalue weighted by Crippen LogP contribution is -2.27. The summed E-state index contributed by atoms with van der Waals surface area (Å²) in [6.45, 7) is 0.302. The molecule has 1 fully saturated rings. The number of halogens is 1. The molecular weight excluding hydrogens is 350 g/mol. The van der Waals surface area contributed by atoms with Crippen LogP contribution in [0.25, 0.3) is 10.8 Å². The molecule has 1 saturated heterocycles. The topological polar surface area (TPSA) is 46.6 Å². The molecule has 26 heavy (non-hydrogen) atoms. The van der Waals surface area contributed by atoms with Gasteiger partial charge in [0.15, 0.2) is 0 Å². The minimum atomic E-state index is -0.516. The molecule has 3 aromatic rings. The first-order valence-corrected chi connectivity index (χ1v) is 8.75. The summed E-state index contributed by atoms with van der Waals surface area (Å²) in [5.74, 6) is -0.718. The van der Waals surface area contributed by atoms with Crippen molar-refractivity contribution in [2.24, 2.45) is 5.92 Å². The van der Waals surface area contributed by atoms with Crippen molar-refractivity contribution in [1.82, 2.24) is 0 Å². The van der Waals surface area contributed by atoms with Crippen molar-refractivity contribution in [2.45, 2.75) is 6.42 Å². The van der Waals surface area contributed by atoms with Gasteiger partial charge >= 0.3 is 5.97 Å². The number of para-hydroxylation sites is 1. The van der Waals surface area contributed by atoms with Gasteiger partial charge in [0.2, 0.25) is 5.91 Å². The van der Waals surface area contributed by atoms with Crippen LogP contribution in [-0.2, 0) is 9.59 Å². The van der Waals surface area contributed by atoms with Gasteiger partial charge < -0.3 is 9.64 Å². The Morgan fingerprint density at radius 3 is 2.58 bits per heavy atom. The Morgan fingerprint density at radius 2 is 1.73 bits per heavy atom. The molecule has 0 bridgehead atoms. The molecular formula is C21H16ClNO3. The van der Waals surface area contributed by atoms with Gasteiger partial charge in [-0.3, -0.25) is 9.59 Å². The van der Waals surface area contributed by atoms with Crippen LogP contribution in [0, 0.1) is 5.92 Å². The van der Waals surface area contributed by atoms with Gasteiger partial charge in [-0.1, -0.05) is 60.1 Å². The Labute approximate surface area is 155 Å². The Hall–Kier alpha value is -2.85. The number of hydrogen-bond acceptors (Lipinski definition) is 3. The number of anilines is 1. The van der Waals surface area contributed by atoms with E-state index in [1.54, 1.807) is 29.2 Å². The van der Waals surface area contributed by atoms with Gasteiger partial charge in [0.25, 0.3) is 0 Å². The number of fused-ring (bicyclic) bond motifs is 1. The summed E-state index contributed by atoms with van der Waals surface area (Å²) in [6.07, 6.45) is 0.131. The molecule has 130 valence electrons. The predicted octanol–water partition coefficient (Wildman–Crippen LogP) is 4.45. The summed E-state index contributed by atoms with van der Waals surface area (Å²) in [6, 6.07) is 20.5. The quantitative estimate of drug-likeness (QED) is 0.509. The fourth-order valence-electron chi connectivity index (χ4n) is 3.26. The molecule has 3 aromatic carbocycles. The molecule has 0 radical (unpaired) electrons. The third-order valence-electron chi connectivity index (χ3n) is 4.56. The molecule has 5 heteroatoms. The molecule has 1 amide bonds. The predicted molar refractivity (Wildman–Crippen MR) is 101 cm³/mol. The van der Waals surface area contributed by atoms with Crippen molar-refractivity contribution in [3.63, 3.8) is 0 Å². The highest BCUT2D eigenvalue weighted by molar-refractivity contribution is 6.32. The maximum Gasteiger partial charge on any atom is 0.316 e. The number of benzene rings is 3. The van der Waals surface area contributed by atoms with Crippen LogP contribution in [-0.4, -0.2) is 18.4 Å². The van der Waals surface area contributed by atoms with Crippen LogP contribution in [0.4, 0.5) is 5.69 Å². The summed E-state index contributed by atoms with van der Waals surface area (Å²) in [5.41, 5.74) is 0.821. The van der Waals surface area contributed by atoms with Crippen molar-refractivity contribution in [1.29, 1.82) is 0 Å². The highest BCUT2D eigenvalue weighted by Crippen LogP contribution is 2.32. The van der Waals surface area contributed by atoms with Crippen molar-refractivity contribution in [3.05, 3.63) is 71.8 Å². The number of nitrogens with zero attached hydrogens (tertiary/aromatic N) is 1. The minimum Gasteiger partial charge on any atom is -0.425 e. The molecule has 1 heterocycles. The molecule has 0 saturated carbocycles. The van der Waals surface area contributed by atoms with Gasteiger partial charge in [0, 0.05) is 18.4 Å². The largest absolute Gasteiger partial charge is 0.425 e. The fourth-order valence-corrected chi connectivity index (χ4v) is 3.44. The van der Waals surface area contributed by atoms with E-state index in [0.29, 0.717) is 17.3 Å². The maximum absolute atomic E-state index is 12.5. The number of carbonyl (C=O) groups excluding carboxylic acids is 2. The lowest BCUT2D eigenvalue weighted by atomic mass is 10.1. The number of amides is 1. The molecule has 0 spiro atoms. The van der Waals surface area contributed by atoms with E-state index >= 15 is 0 Å². The third kappa shape index (κ3) is 3.04. The smallest absolute Gasteiger partial charge is 0.316 e. The molecule has 1 aliphatic heterocycles. The number of carbonyl (C=O) groups is 2. The van der Waals surface area contributed by atoms with Crippen molar-refractivity contribution >= 4 is 39.9 Å². The SMILES string of the molecule is O=C(Oc1ccccc1Cl)[C@H]1CC(=O)N(c2cccc3ccccc23)C1. The molecule has 0 aromatic heterocycles. The molecule has 0 N–H and O–H groups in total. The van der Waals surface area contributed by atoms with Crippen LogP contribution in [0.2, 0.25) is 5.02 Å². The van der Waals surface area contributed by atoms with Crippen LogP contribution in [0.15, 0.2) is 66.7 Å². The highest BCUT2D eigenvalue weighted by atomic mass is 35.5. The lowest BCUT2D eigenvalue weighted by Gasteiger charge is -2.19. The zero-order valence-electron chi connectivity index (χ0n) is 13.9. The first-order chi connectivity index (χ1) is 12.6. The van der Waals surface area contributed by atoms with E-state index < -0.39 is 11.9 Å². The van der Waals surface area contributed by atoms with Gasteiger partial charge in [-0.15, -0.1) is 0 Å². The van der Waals surface area contributed by atoms with Gasteiger partial charge in [0.05, 0.1) is 16.6 Å². The first-order valence-electron chi connectivity index (χ1n) is 8.38. The van der Waals surface area contributed by atoms with Crippen molar-refractivity contribution < 1.29 is 14.3 Å². The van der Waals surface area contributed by atoms with Crippen LogP contribution >= 0.6 is 11.6 Å². The summed E-state index contributed by atoms with van der Waals surface area (Å²) in [5, 5.41) is 2.42. The van der Waals surface area contributed by atoms with Crippen LogP contribution in [0.1, 0.15) is 6.42 Å². The summed E-state index contributed by atoms with van der Waals surface area (Å²) < 4.78 is 5.40. The van der Waals surface area contributed by atoms with Crippen molar-refractivity contribution in [2.75, 3.05) is 11.4 Å². The normalized spacial score (nSPS) is 16.9. The minimum absolute atomic E-state index is 0.0811. The zero-order chi connectivity index (χ0) is 18.1. The van der Waals surface area contributed by atoms with Gasteiger partial charge in [-0.2, -0.15) is 0 Å². The Bertz CT molecular complexity index is 996. The molecule has 4 rings (SSSR count). The number of ether oxygens (including phenoxy) is 1. The van der Waals surface area contributed by atoms with E-state index in [-0.39, 0.29) is 12.3 Å². The van der Waals surface area contributed by atoms with E-state index in [2.05, 4.69) is 0 Å². The second kappa shape index (κ2) is 6.81. The van der Waals surface area contributed by atoms with Gasteiger partial charge in [0.1, 0.15) is 5.75 Å². The van der Waals surface area contributed by atoms with Crippen molar-refractivity contribution in [3.8, 4) is 5.75 Å². The summed E-state index contributed by atoms with van der Waals surface area (Å²) in [4.78, 5) is 26.7. The van der Waals surface area contributed by atoms with E-state index in [1.807, 2.05) is 42.5 Å². The van der Waals surface area contributed by atoms with E-state index in [0.717, 1.165) is 16.5 Å². The maximum atomic E-state index is 12.5. The number of esters is 1. The monoisotopic (exact) mass is 365 g/mol. The second-order valence-electron chi connectivity index (χ2n) is 6.26. The zero-order valence-corrected chi connectivity index (χ0v) is 14.6. The molecule has 0 unspecified atom stereocenters. The van der Waals surface area contributed by atoms with E-state index in [4.69, 9.17) is 16.3 Å². The Morgan fingerprint density at radius 1 is 1.00 bits per heavy atom. The van der Waals surface area contributed by atoms with E-state index in [9.17, 15) is 9.59 Å². The van der Waals surface area contributed by atoms with Gasteiger partial charge in [-0.05, 0) is 23.6 Å². The summed E-state index contributed by atoms with van der Waals surface area (Å²) in [7, 11) is 0.